The number of likely N-dealkylation sites (tertiary alicyclic amines) is 1. The van der Waals surface area contributed by atoms with Crippen molar-refractivity contribution in [3.05, 3.63) is 71.1 Å². The second kappa shape index (κ2) is 13.3. The Labute approximate surface area is 263 Å². The third kappa shape index (κ3) is 6.41. The minimum absolute atomic E-state index is 0.0374. The molecular weight excluding hydrogens is 606 g/mol. The van der Waals surface area contributed by atoms with Gasteiger partial charge < -0.3 is 19.7 Å². The molecule has 234 valence electrons. The molecule has 14 heteroatoms. The molecule has 0 atom stereocenters. The summed E-state index contributed by atoms with van der Waals surface area (Å²) in [5, 5.41) is 12.1. The first-order chi connectivity index (χ1) is 21.9. The van der Waals surface area contributed by atoms with Crippen LogP contribution in [-0.4, -0.2) is 107 Å². The number of amides is 1. The van der Waals surface area contributed by atoms with Gasteiger partial charge in [-0.05, 0) is 30.3 Å². The zero-order valence-corrected chi connectivity index (χ0v) is 25.3. The van der Waals surface area contributed by atoms with E-state index in [1.807, 2.05) is 4.90 Å². The van der Waals surface area contributed by atoms with E-state index in [2.05, 4.69) is 25.1 Å². The van der Waals surface area contributed by atoms with Gasteiger partial charge in [-0.2, -0.15) is 9.65 Å². The van der Waals surface area contributed by atoms with Crippen LogP contribution in [0.15, 0.2) is 48.9 Å². The first-order valence-corrected chi connectivity index (χ1v) is 14.9. The smallest absolute Gasteiger partial charge is 0.255 e. The fraction of sp³-hybridized carbons (Fsp3) is 0.355. The van der Waals surface area contributed by atoms with Crippen molar-refractivity contribution in [2.24, 2.45) is 0 Å². The van der Waals surface area contributed by atoms with Crippen molar-refractivity contribution >= 4 is 34.7 Å². The molecule has 0 aliphatic carbocycles. The van der Waals surface area contributed by atoms with E-state index in [0.29, 0.717) is 46.9 Å². The predicted octanol–water partition coefficient (Wildman–Crippen LogP) is 4.06. The average Bonchev–Trinajstić information content (AvgIpc) is 3.46. The number of halogens is 3. The molecule has 0 radical (unpaired) electrons. The molecule has 0 unspecified atom stereocenters. The average molecular weight is 637 g/mol. The third-order valence-electron chi connectivity index (χ3n) is 8.15. The highest BCUT2D eigenvalue weighted by Gasteiger charge is 2.28. The van der Waals surface area contributed by atoms with Gasteiger partial charge >= 0.3 is 0 Å². The first kappa shape index (κ1) is 30.7. The Bertz CT molecular complexity index is 1750. The Hall–Kier alpha value is -4.35. The van der Waals surface area contributed by atoms with Crippen LogP contribution in [0.1, 0.15) is 10.4 Å². The van der Waals surface area contributed by atoms with Gasteiger partial charge in [0.15, 0.2) is 29.6 Å². The van der Waals surface area contributed by atoms with Crippen LogP contribution in [0, 0.1) is 23.0 Å². The summed E-state index contributed by atoms with van der Waals surface area (Å²) in [6.45, 7) is 6.39. The van der Waals surface area contributed by atoms with Gasteiger partial charge in [0.1, 0.15) is 6.07 Å². The molecule has 2 saturated heterocycles. The van der Waals surface area contributed by atoms with Crippen LogP contribution in [0.5, 0.6) is 5.75 Å². The Morgan fingerprint density at radius 3 is 2.60 bits per heavy atom. The number of carbonyl (C=O) groups excluding carboxylic acids is 1. The third-order valence-corrected chi connectivity index (χ3v) is 8.47. The van der Waals surface area contributed by atoms with E-state index < -0.39 is 18.2 Å². The number of rotatable bonds is 10. The van der Waals surface area contributed by atoms with E-state index >= 15 is 0 Å². The maximum Gasteiger partial charge on any atom is 0.255 e. The van der Waals surface area contributed by atoms with Gasteiger partial charge in [-0.3, -0.25) is 19.0 Å². The summed E-state index contributed by atoms with van der Waals surface area (Å²) in [6, 6.07) is 9.42. The molecule has 2 aromatic carbocycles. The van der Waals surface area contributed by atoms with E-state index in [9.17, 15) is 13.6 Å². The van der Waals surface area contributed by atoms with E-state index in [1.165, 1.54) is 24.5 Å². The van der Waals surface area contributed by atoms with Gasteiger partial charge in [-0.15, -0.1) is 0 Å². The number of piperazine rings is 1. The number of fused-ring (bicyclic) bond motifs is 1. The fourth-order valence-electron chi connectivity index (χ4n) is 5.54. The molecule has 6 rings (SSSR count). The molecule has 4 heterocycles. The van der Waals surface area contributed by atoms with Crippen molar-refractivity contribution in [3.63, 3.8) is 0 Å². The lowest BCUT2D eigenvalue weighted by molar-refractivity contribution is -0.0334. The van der Waals surface area contributed by atoms with Gasteiger partial charge in [0.25, 0.3) is 5.91 Å². The lowest BCUT2D eigenvalue weighted by Gasteiger charge is -2.40. The Morgan fingerprint density at radius 1 is 1.09 bits per heavy atom. The standard InChI is InChI=1S/C31H31ClF2N8O3/c1-44-21-18-40(19-21)10-9-39-11-13-41(14-12-39)31(43)22-3-2-20(16-24(22)32)38-29-30-37-17-25(42(30)8-7-36-29)23-4-5-26(45-15-6-35)28(34)27(23)33/h2-5,7-8,16-17,21H,9-15,18-19H2,1H3,(H,36,38). The van der Waals surface area contributed by atoms with Crippen LogP contribution in [0.25, 0.3) is 16.9 Å². The zero-order valence-electron chi connectivity index (χ0n) is 24.5. The van der Waals surface area contributed by atoms with Crippen molar-refractivity contribution in [1.82, 2.24) is 29.1 Å². The van der Waals surface area contributed by atoms with E-state index in [1.54, 1.807) is 42.0 Å². The second-order valence-corrected chi connectivity index (χ2v) is 11.3. The van der Waals surface area contributed by atoms with Gasteiger partial charge in [0.05, 0.1) is 28.6 Å². The minimum atomic E-state index is -1.19. The maximum absolute atomic E-state index is 15.0. The molecule has 11 nitrogen and oxygen atoms in total. The monoisotopic (exact) mass is 636 g/mol. The van der Waals surface area contributed by atoms with Gasteiger partial charge in [0, 0.05) is 83.1 Å². The van der Waals surface area contributed by atoms with Crippen molar-refractivity contribution in [1.29, 1.82) is 5.26 Å². The number of ether oxygens (including phenoxy) is 2. The van der Waals surface area contributed by atoms with Crippen LogP contribution < -0.4 is 10.1 Å². The van der Waals surface area contributed by atoms with E-state index in [0.717, 1.165) is 39.3 Å². The predicted molar refractivity (Wildman–Crippen MR) is 164 cm³/mol. The molecule has 1 N–H and O–H groups in total. The molecule has 4 aromatic rings. The van der Waals surface area contributed by atoms with Crippen LogP contribution in [0.2, 0.25) is 5.02 Å². The molecule has 2 fully saturated rings. The highest BCUT2D eigenvalue weighted by Crippen LogP contribution is 2.32. The Kier molecular flexibility index (Phi) is 9.09. The second-order valence-electron chi connectivity index (χ2n) is 10.9. The number of hydrogen-bond acceptors (Lipinski definition) is 9. The first-order valence-electron chi connectivity index (χ1n) is 14.5. The van der Waals surface area contributed by atoms with E-state index in [4.69, 9.17) is 26.3 Å². The lowest BCUT2D eigenvalue weighted by Crippen LogP contribution is -2.55. The van der Waals surface area contributed by atoms with Gasteiger partial charge in [-0.25, -0.2) is 14.4 Å². The number of nitrogens with zero attached hydrogens (tertiary/aromatic N) is 7. The number of imidazole rings is 1. The number of benzene rings is 2. The summed E-state index contributed by atoms with van der Waals surface area (Å²) >= 11 is 6.59. The number of carbonyl (C=O) groups is 1. The summed E-state index contributed by atoms with van der Waals surface area (Å²) in [5.41, 5.74) is 1.60. The number of hydrogen-bond donors (Lipinski definition) is 1. The van der Waals surface area contributed by atoms with Crippen molar-refractivity contribution in [2.75, 3.05) is 71.4 Å². The highest BCUT2D eigenvalue weighted by atomic mass is 35.5. The van der Waals surface area contributed by atoms with Gasteiger partial charge in [-0.1, -0.05) is 11.6 Å². The summed E-state index contributed by atoms with van der Waals surface area (Å²) in [4.78, 5) is 28.6. The van der Waals surface area contributed by atoms with Crippen molar-refractivity contribution in [3.8, 4) is 23.1 Å². The minimum Gasteiger partial charge on any atom is -0.476 e. The summed E-state index contributed by atoms with van der Waals surface area (Å²) in [7, 11) is 1.75. The SMILES string of the molecule is COC1CN(CCN2CCN(C(=O)c3ccc(Nc4nccn5c(-c6ccc(OCC#N)c(F)c6F)cnc45)cc3Cl)CC2)C1. The van der Waals surface area contributed by atoms with Crippen LogP contribution in [0.3, 0.4) is 0 Å². The molecule has 2 aliphatic heterocycles. The van der Waals surface area contributed by atoms with Gasteiger partial charge in [0.2, 0.25) is 5.82 Å². The van der Waals surface area contributed by atoms with E-state index in [-0.39, 0.29) is 22.9 Å². The number of aromatic nitrogens is 3. The largest absolute Gasteiger partial charge is 0.476 e. The van der Waals surface area contributed by atoms with Crippen LogP contribution >= 0.6 is 11.6 Å². The Morgan fingerprint density at radius 2 is 1.87 bits per heavy atom. The number of anilines is 2. The molecule has 45 heavy (non-hydrogen) atoms. The topological polar surface area (TPSA) is 111 Å². The quantitative estimate of drug-likeness (QED) is 0.275. The summed E-state index contributed by atoms with van der Waals surface area (Å²) < 4.78 is 41.4. The lowest BCUT2D eigenvalue weighted by atomic mass is 10.1. The highest BCUT2D eigenvalue weighted by molar-refractivity contribution is 6.34. The fourth-order valence-corrected chi connectivity index (χ4v) is 5.80. The summed E-state index contributed by atoms with van der Waals surface area (Å²) in [6.07, 6.45) is 4.83. The van der Waals surface area contributed by atoms with Crippen molar-refractivity contribution in [2.45, 2.75) is 6.10 Å². The molecule has 0 bridgehead atoms. The molecule has 0 spiro atoms. The number of nitriles is 1. The molecule has 2 aliphatic rings. The number of nitrogens with one attached hydrogen (secondary N) is 1. The molecule has 2 aromatic heterocycles. The van der Waals surface area contributed by atoms with Crippen molar-refractivity contribution < 1.29 is 23.0 Å². The molecule has 1 amide bonds. The Balaban J connectivity index is 1.11. The number of methoxy groups -OCH3 is 1. The van der Waals surface area contributed by atoms with Crippen LogP contribution in [-0.2, 0) is 4.74 Å². The maximum atomic E-state index is 15.0. The normalized spacial score (nSPS) is 16.0. The van der Waals surface area contributed by atoms with Crippen LogP contribution in [0.4, 0.5) is 20.3 Å². The zero-order chi connectivity index (χ0) is 31.5. The molecular formula is C31H31ClF2N8O3. The summed E-state index contributed by atoms with van der Waals surface area (Å²) in [5.74, 6) is -2.44. The molecule has 0 saturated carbocycles.